The van der Waals surface area contributed by atoms with E-state index in [0.717, 1.165) is 32.1 Å². The van der Waals surface area contributed by atoms with Crippen molar-refractivity contribution in [2.24, 2.45) is 0 Å². The molecular weight excluding hydrogens is 282 g/mol. The summed E-state index contributed by atoms with van der Waals surface area (Å²) in [5.41, 5.74) is 5.43. The lowest BCUT2D eigenvalue weighted by molar-refractivity contribution is -0.120. The van der Waals surface area contributed by atoms with Crippen molar-refractivity contribution in [2.45, 2.75) is 38.0 Å². The molecule has 2 nitrogen and oxygen atoms in total. The van der Waals surface area contributed by atoms with Crippen molar-refractivity contribution in [3.63, 3.8) is 0 Å². The van der Waals surface area contributed by atoms with E-state index in [1.54, 1.807) is 0 Å². The summed E-state index contributed by atoms with van der Waals surface area (Å²) in [6, 6.07) is 17.5. The Morgan fingerprint density at radius 2 is 1.70 bits per heavy atom. The number of ketones is 1. The number of carbonyl (C=O) groups is 1. The van der Waals surface area contributed by atoms with Gasteiger partial charge >= 0.3 is 0 Å². The second-order valence-corrected chi connectivity index (χ2v) is 6.75. The van der Waals surface area contributed by atoms with E-state index in [4.69, 9.17) is 0 Å². The molecule has 0 unspecified atom stereocenters. The molecule has 1 aliphatic carbocycles. The zero-order valence-corrected chi connectivity index (χ0v) is 14.1. The Balaban J connectivity index is 1.92. The summed E-state index contributed by atoms with van der Waals surface area (Å²) in [5.74, 6) is 0.957. The number of carbonyl (C=O) groups excluding carboxylic acids is 1. The van der Waals surface area contributed by atoms with Gasteiger partial charge in [-0.15, -0.1) is 0 Å². The highest BCUT2D eigenvalue weighted by atomic mass is 16.1. The van der Waals surface area contributed by atoms with Crippen LogP contribution in [0.15, 0.2) is 48.5 Å². The first-order valence-corrected chi connectivity index (χ1v) is 8.49. The fourth-order valence-corrected chi connectivity index (χ4v) is 3.49. The van der Waals surface area contributed by atoms with Gasteiger partial charge in [-0.25, -0.2) is 0 Å². The van der Waals surface area contributed by atoms with Crippen LogP contribution < -0.4 is 4.90 Å². The van der Waals surface area contributed by atoms with Gasteiger partial charge in [-0.1, -0.05) is 36.4 Å². The van der Waals surface area contributed by atoms with E-state index in [9.17, 15) is 4.79 Å². The molecule has 0 radical (unpaired) electrons. The van der Waals surface area contributed by atoms with E-state index in [-0.39, 0.29) is 0 Å². The molecule has 2 aromatic rings. The molecule has 2 aromatic carbocycles. The van der Waals surface area contributed by atoms with Gasteiger partial charge in [0.05, 0.1) is 0 Å². The summed E-state index contributed by atoms with van der Waals surface area (Å²) in [6.45, 7) is 0. The lowest BCUT2D eigenvalue weighted by Crippen LogP contribution is -2.15. The van der Waals surface area contributed by atoms with Crippen molar-refractivity contribution in [2.75, 3.05) is 19.0 Å². The third-order valence-electron chi connectivity index (χ3n) is 4.86. The zero-order valence-electron chi connectivity index (χ0n) is 14.1. The van der Waals surface area contributed by atoms with Gasteiger partial charge in [0.25, 0.3) is 0 Å². The first kappa shape index (κ1) is 15.8. The van der Waals surface area contributed by atoms with Crippen LogP contribution in [0.3, 0.4) is 0 Å². The largest absolute Gasteiger partial charge is 0.378 e. The van der Waals surface area contributed by atoms with E-state index in [1.165, 1.54) is 22.4 Å². The molecule has 0 aromatic heterocycles. The third-order valence-corrected chi connectivity index (χ3v) is 4.86. The number of rotatable bonds is 4. The predicted molar refractivity (Wildman–Crippen MR) is 96.2 cm³/mol. The van der Waals surface area contributed by atoms with Gasteiger partial charge in [-0.3, -0.25) is 4.79 Å². The summed E-state index contributed by atoms with van der Waals surface area (Å²) in [4.78, 5) is 13.7. The van der Waals surface area contributed by atoms with Crippen molar-refractivity contribution < 1.29 is 4.79 Å². The fraction of sp³-hybridized carbons (Fsp3) is 0.381. The summed E-state index contributed by atoms with van der Waals surface area (Å²) in [6.07, 6.45) is 4.45. The highest BCUT2D eigenvalue weighted by Gasteiger charge is 2.22. The van der Waals surface area contributed by atoms with Crippen LogP contribution in [0.4, 0.5) is 5.69 Å². The minimum atomic E-state index is 0.427. The Labute approximate surface area is 139 Å². The Morgan fingerprint density at radius 1 is 1.00 bits per heavy atom. The summed E-state index contributed by atoms with van der Waals surface area (Å²) < 4.78 is 0. The molecule has 3 rings (SSSR count). The van der Waals surface area contributed by atoms with Crippen LogP contribution in [0.25, 0.3) is 0 Å². The molecule has 0 N–H and O–H groups in total. The molecule has 0 spiro atoms. The zero-order chi connectivity index (χ0) is 16.2. The Bertz CT molecular complexity index is 665. The van der Waals surface area contributed by atoms with Crippen LogP contribution >= 0.6 is 0 Å². The molecule has 23 heavy (non-hydrogen) atoms. The van der Waals surface area contributed by atoms with Crippen LogP contribution in [0.1, 0.15) is 48.3 Å². The minimum Gasteiger partial charge on any atom is -0.378 e. The van der Waals surface area contributed by atoms with Crippen molar-refractivity contribution in [1.82, 2.24) is 0 Å². The standard InChI is InChI=1S/C21H25NO/c1-22(2)19-10-13-21(17-8-11-20(23)12-9-17)18(15-19)14-16-6-4-3-5-7-16/h3-7,10,13,15,17H,8-9,11-12,14H2,1-2H3. The van der Waals surface area contributed by atoms with E-state index < -0.39 is 0 Å². The fourth-order valence-electron chi connectivity index (χ4n) is 3.49. The lowest BCUT2D eigenvalue weighted by Gasteiger charge is -2.25. The molecule has 1 saturated carbocycles. The van der Waals surface area contributed by atoms with Crippen LogP contribution in [-0.2, 0) is 11.2 Å². The Morgan fingerprint density at radius 3 is 2.35 bits per heavy atom. The van der Waals surface area contributed by atoms with E-state index in [0.29, 0.717) is 11.7 Å². The van der Waals surface area contributed by atoms with E-state index in [1.807, 2.05) is 0 Å². The average molecular weight is 307 g/mol. The molecular formula is C21H25NO. The van der Waals surface area contributed by atoms with Crippen LogP contribution in [0.2, 0.25) is 0 Å². The molecule has 0 atom stereocenters. The number of hydrogen-bond acceptors (Lipinski definition) is 2. The Hall–Kier alpha value is -2.09. The van der Waals surface area contributed by atoms with Gasteiger partial charge in [-0.2, -0.15) is 0 Å². The summed E-state index contributed by atoms with van der Waals surface area (Å²) in [7, 11) is 4.17. The van der Waals surface area contributed by atoms with Gasteiger partial charge in [-0.05, 0) is 54.0 Å². The number of nitrogens with zero attached hydrogens (tertiary/aromatic N) is 1. The van der Waals surface area contributed by atoms with Gasteiger partial charge in [0.15, 0.2) is 0 Å². The number of hydrogen-bond donors (Lipinski definition) is 0. The minimum absolute atomic E-state index is 0.427. The number of benzene rings is 2. The van der Waals surface area contributed by atoms with Gasteiger partial charge in [0, 0.05) is 32.6 Å². The van der Waals surface area contributed by atoms with Crippen molar-refractivity contribution in [3.8, 4) is 0 Å². The van der Waals surface area contributed by atoms with Crippen molar-refractivity contribution in [1.29, 1.82) is 0 Å². The number of Topliss-reactive ketones (excluding diaryl/α,β-unsaturated/α-hetero) is 1. The molecule has 0 bridgehead atoms. The molecule has 1 fully saturated rings. The second kappa shape index (κ2) is 6.99. The highest BCUT2D eigenvalue weighted by molar-refractivity contribution is 5.79. The lowest BCUT2D eigenvalue weighted by atomic mass is 9.80. The van der Waals surface area contributed by atoms with Gasteiger partial charge < -0.3 is 4.90 Å². The average Bonchev–Trinajstić information content (AvgIpc) is 2.56. The maximum Gasteiger partial charge on any atom is 0.132 e. The Kier molecular flexibility index (Phi) is 4.80. The summed E-state index contributed by atoms with van der Waals surface area (Å²) in [5, 5.41) is 0. The smallest absolute Gasteiger partial charge is 0.132 e. The molecule has 1 aliphatic rings. The molecule has 120 valence electrons. The highest BCUT2D eigenvalue weighted by Crippen LogP contribution is 2.35. The van der Waals surface area contributed by atoms with Crippen LogP contribution in [-0.4, -0.2) is 19.9 Å². The topological polar surface area (TPSA) is 20.3 Å². The number of anilines is 1. The van der Waals surface area contributed by atoms with Crippen molar-refractivity contribution >= 4 is 11.5 Å². The molecule has 0 amide bonds. The first-order chi connectivity index (χ1) is 11.1. The summed E-state index contributed by atoms with van der Waals surface area (Å²) >= 11 is 0. The van der Waals surface area contributed by atoms with E-state index >= 15 is 0 Å². The second-order valence-electron chi connectivity index (χ2n) is 6.75. The molecule has 0 aliphatic heterocycles. The van der Waals surface area contributed by atoms with Crippen LogP contribution in [0.5, 0.6) is 0 Å². The maximum absolute atomic E-state index is 11.6. The molecule has 0 saturated heterocycles. The van der Waals surface area contributed by atoms with Gasteiger partial charge in [0.2, 0.25) is 0 Å². The first-order valence-electron chi connectivity index (χ1n) is 8.49. The maximum atomic E-state index is 11.6. The van der Waals surface area contributed by atoms with Crippen molar-refractivity contribution in [3.05, 3.63) is 65.2 Å². The normalized spacial score (nSPS) is 15.7. The quantitative estimate of drug-likeness (QED) is 0.824. The SMILES string of the molecule is CN(C)c1ccc(C2CCC(=O)CC2)c(Cc2ccccc2)c1. The molecule has 2 heteroatoms. The monoisotopic (exact) mass is 307 g/mol. The van der Waals surface area contributed by atoms with Gasteiger partial charge in [0.1, 0.15) is 5.78 Å². The predicted octanol–water partition coefficient (Wildman–Crippen LogP) is 4.57. The van der Waals surface area contributed by atoms with Crippen LogP contribution in [0, 0.1) is 0 Å². The van der Waals surface area contributed by atoms with E-state index in [2.05, 4.69) is 67.5 Å². The third kappa shape index (κ3) is 3.82. The molecule has 0 heterocycles.